The van der Waals surface area contributed by atoms with E-state index in [4.69, 9.17) is 10.2 Å². The number of nitrogens with one attached hydrogen (secondary N) is 2. The molecular weight excluding hydrogens is 204 g/mol. The lowest BCUT2D eigenvalue weighted by Crippen LogP contribution is -2.33. The van der Waals surface area contributed by atoms with Gasteiger partial charge in [-0.15, -0.1) is 0 Å². The third-order valence-corrected chi connectivity index (χ3v) is 2.54. The second-order valence-electron chi connectivity index (χ2n) is 4.00. The van der Waals surface area contributed by atoms with Crippen LogP contribution in [0.1, 0.15) is 40.5 Å². The first-order valence-corrected chi connectivity index (χ1v) is 5.56. The van der Waals surface area contributed by atoms with Gasteiger partial charge in [0.05, 0.1) is 12.2 Å². The van der Waals surface area contributed by atoms with Gasteiger partial charge in [0, 0.05) is 13.1 Å². The van der Waals surface area contributed by atoms with Gasteiger partial charge in [0.1, 0.15) is 0 Å². The van der Waals surface area contributed by atoms with Crippen molar-refractivity contribution in [2.45, 2.75) is 52.7 Å². The fourth-order valence-corrected chi connectivity index (χ4v) is 1.67. The molecule has 100 valence electrons. The molecule has 0 aliphatic carbocycles. The Bertz CT molecular complexity index is 117. The first-order chi connectivity index (χ1) is 6.79. The molecule has 0 saturated carbocycles. The fourth-order valence-electron chi connectivity index (χ4n) is 1.67. The standard InChI is InChI=1S/2C5H11NO.2CH4/c2*7-5-2-1-3-6-4-5;;/h2*5-7H,1-4H2;2*1H4/t2*5-;;/m10../s1. The van der Waals surface area contributed by atoms with Crippen LogP contribution >= 0.6 is 0 Å². The molecule has 4 nitrogen and oxygen atoms in total. The molecule has 0 amide bonds. The maximum absolute atomic E-state index is 8.85. The molecule has 0 unspecified atom stereocenters. The van der Waals surface area contributed by atoms with E-state index in [-0.39, 0.29) is 27.1 Å². The van der Waals surface area contributed by atoms with Gasteiger partial charge in [-0.1, -0.05) is 14.9 Å². The van der Waals surface area contributed by atoms with Crippen molar-refractivity contribution >= 4 is 0 Å². The van der Waals surface area contributed by atoms with Gasteiger partial charge >= 0.3 is 0 Å². The van der Waals surface area contributed by atoms with Gasteiger partial charge in [0.2, 0.25) is 0 Å². The quantitative estimate of drug-likeness (QED) is 0.499. The predicted octanol–water partition coefficient (Wildman–Crippen LogP) is 0.734. The monoisotopic (exact) mass is 234 g/mol. The maximum Gasteiger partial charge on any atom is 0.0665 e. The third-order valence-electron chi connectivity index (χ3n) is 2.54. The SMILES string of the molecule is C.C.O[C@@H]1CCCNC1.O[C@H]1CCCNC1. The predicted molar refractivity (Wildman–Crippen MR) is 69.7 cm³/mol. The van der Waals surface area contributed by atoms with Crippen molar-refractivity contribution < 1.29 is 10.2 Å². The highest BCUT2D eigenvalue weighted by molar-refractivity contribution is 4.66. The van der Waals surface area contributed by atoms with Crippen molar-refractivity contribution in [1.29, 1.82) is 0 Å². The van der Waals surface area contributed by atoms with Crippen molar-refractivity contribution in [1.82, 2.24) is 10.6 Å². The van der Waals surface area contributed by atoms with Crippen LogP contribution in [-0.4, -0.2) is 48.6 Å². The summed E-state index contributed by atoms with van der Waals surface area (Å²) >= 11 is 0. The average Bonchev–Trinajstić information content (AvgIpc) is 2.21. The topological polar surface area (TPSA) is 64.5 Å². The number of hydrogen-bond acceptors (Lipinski definition) is 4. The highest BCUT2D eigenvalue weighted by Gasteiger charge is 2.07. The van der Waals surface area contributed by atoms with Crippen molar-refractivity contribution in [2.75, 3.05) is 26.2 Å². The normalized spacial score (nSPS) is 28.9. The molecule has 2 aliphatic rings. The van der Waals surface area contributed by atoms with E-state index in [1.54, 1.807) is 0 Å². The van der Waals surface area contributed by atoms with Crippen molar-refractivity contribution in [3.05, 3.63) is 0 Å². The van der Waals surface area contributed by atoms with E-state index in [0.717, 1.165) is 51.9 Å². The van der Waals surface area contributed by atoms with Gasteiger partial charge < -0.3 is 20.8 Å². The molecule has 2 saturated heterocycles. The number of hydrogen-bond donors (Lipinski definition) is 4. The average molecular weight is 234 g/mol. The van der Waals surface area contributed by atoms with Gasteiger partial charge in [-0.2, -0.15) is 0 Å². The van der Waals surface area contributed by atoms with Gasteiger partial charge in [-0.3, -0.25) is 0 Å². The van der Waals surface area contributed by atoms with E-state index >= 15 is 0 Å². The minimum atomic E-state index is -0.0752. The van der Waals surface area contributed by atoms with Crippen LogP contribution in [0.2, 0.25) is 0 Å². The van der Waals surface area contributed by atoms with Crippen molar-refractivity contribution in [2.24, 2.45) is 0 Å². The Morgan fingerprint density at radius 3 is 1.25 bits per heavy atom. The lowest BCUT2D eigenvalue weighted by Gasteiger charge is -2.16. The van der Waals surface area contributed by atoms with Crippen LogP contribution in [0.4, 0.5) is 0 Å². The first-order valence-electron chi connectivity index (χ1n) is 5.56. The van der Waals surface area contributed by atoms with Crippen LogP contribution in [-0.2, 0) is 0 Å². The largest absolute Gasteiger partial charge is 0.392 e. The summed E-state index contributed by atoms with van der Waals surface area (Å²) in [5.41, 5.74) is 0. The Balaban J connectivity index is 0. The molecule has 0 bridgehead atoms. The lowest BCUT2D eigenvalue weighted by atomic mass is 10.1. The van der Waals surface area contributed by atoms with E-state index in [9.17, 15) is 0 Å². The van der Waals surface area contributed by atoms with Gasteiger partial charge in [-0.05, 0) is 38.8 Å². The molecule has 0 aromatic carbocycles. The summed E-state index contributed by atoms with van der Waals surface area (Å²) in [5.74, 6) is 0. The molecule has 0 radical (unpaired) electrons. The Morgan fingerprint density at radius 2 is 1.12 bits per heavy atom. The molecule has 16 heavy (non-hydrogen) atoms. The molecule has 0 spiro atoms. The van der Waals surface area contributed by atoms with Crippen LogP contribution in [0.5, 0.6) is 0 Å². The molecule has 2 rings (SSSR count). The smallest absolute Gasteiger partial charge is 0.0665 e. The minimum absolute atomic E-state index is 0. The molecular formula is C12H30N2O2. The fraction of sp³-hybridized carbons (Fsp3) is 1.00. The van der Waals surface area contributed by atoms with Crippen LogP contribution in [0.3, 0.4) is 0 Å². The number of piperidine rings is 2. The summed E-state index contributed by atoms with van der Waals surface area (Å²) in [4.78, 5) is 0. The second kappa shape index (κ2) is 11.3. The van der Waals surface area contributed by atoms with Crippen LogP contribution in [0, 0.1) is 0 Å². The number of aliphatic hydroxyl groups excluding tert-OH is 2. The van der Waals surface area contributed by atoms with E-state index in [1.165, 1.54) is 0 Å². The first kappa shape index (κ1) is 18.2. The summed E-state index contributed by atoms with van der Waals surface area (Å²) in [7, 11) is 0. The summed E-state index contributed by atoms with van der Waals surface area (Å²) in [6, 6.07) is 0. The summed E-state index contributed by atoms with van der Waals surface area (Å²) in [6.45, 7) is 3.74. The molecule has 2 fully saturated rings. The van der Waals surface area contributed by atoms with E-state index in [0.29, 0.717) is 0 Å². The number of rotatable bonds is 0. The zero-order chi connectivity index (χ0) is 10.2. The molecule has 2 heterocycles. The van der Waals surface area contributed by atoms with Crippen molar-refractivity contribution in [3.8, 4) is 0 Å². The Kier molecular flexibility index (Phi) is 12.9. The minimum Gasteiger partial charge on any atom is -0.392 e. The van der Waals surface area contributed by atoms with E-state index in [1.807, 2.05) is 0 Å². The summed E-state index contributed by atoms with van der Waals surface area (Å²) < 4.78 is 0. The summed E-state index contributed by atoms with van der Waals surface area (Å²) in [5, 5.41) is 23.9. The third kappa shape index (κ3) is 9.09. The van der Waals surface area contributed by atoms with Crippen LogP contribution in [0.15, 0.2) is 0 Å². The van der Waals surface area contributed by atoms with Gasteiger partial charge in [0.25, 0.3) is 0 Å². The number of β-amino-alcohol motifs (C(OH)–C–C–N with tert-alkyl or cyclic N) is 2. The molecule has 0 aromatic rings. The van der Waals surface area contributed by atoms with Crippen LogP contribution in [0.25, 0.3) is 0 Å². The zero-order valence-corrected chi connectivity index (χ0v) is 8.71. The summed E-state index contributed by atoms with van der Waals surface area (Å²) in [6.07, 6.45) is 4.06. The lowest BCUT2D eigenvalue weighted by molar-refractivity contribution is 0.142. The van der Waals surface area contributed by atoms with Gasteiger partial charge in [0.15, 0.2) is 0 Å². The molecule has 0 aromatic heterocycles. The van der Waals surface area contributed by atoms with Crippen LogP contribution < -0.4 is 10.6 Å². The maximum atomic E-state index is 8.85. The molecule has 2 atom stereocenters. The Morgan fingerprint density at radius 1 is 0.750 bits per heavy atom. The highest BCUT2D eigenvalue weighted by atomic mass is 16.3. The molecule has 4 N–H and O–H groups in total. The highest BCUT2D eigenvalue weighted by Crippen LogP contribution is 1.99. The Labute approximate surface area is 100 Å². The van der Waals surface area contributed by atoms with Gasteiger partial charge in [-0.25, -0.2) is 0 Å². The number of aliphatic hydroxyl groups is 2. The van der Waals surface area contributed by atoms with Crippen molar-refractivity contribution in [3.63, 3.8) is 0 Å². The molecule has 2 aliphatic heterocycles. The Hall–Kier alpha value is -0.160. The van der Waals surface area contributed by atoms with E-state index in [2.05, 4.69) is 10.6 Å². The zero-order valence-electron chi connectivity index (χ0n) is 8.71. The van der Waals surface area contributed by atoms with E-state index < -0.39 is 0 Å². The molecule has 4 heteroatoms. The second-order valence-corrected chi connectivity index (χ2v) is 4.00.